The predicted molar refractivity (Wildman–Crippen MR) is 82.0 cm³/mol. The SMILES string of the molecule is C=CCC1=C[C@@H](OC(=O)CC(=O)O[C@@H](C)CC=C)CCC1=O. The Morgan fingerprint density at radius 2 is 2.09 bits per heavy atom. The molecule has 0 aliphatic heterocycles. The van der Waals surface area contributed by atoms with Crippen LogP contribution in [0.2, 0.25) is 0 Å². The molecule has 1 aliphatic carbocycles. The fraction of sp³-hybridized carbons (Fsp3) is 0.471. The van der Waals surface area contributed by atoms with Gasteiger partial charge in [-0.15, -0.1) is 13.2 Å². The van der Waals surface area contributed by atoms with Gasteiger partial charge in [0.15, 0.2) is 5.78 Å². The van der Waals surface area contributed by atoms with Gasteiger partial charge in [-0.05, 0) is 31.4 Å². The van der Waals surface area contributed by atoms with Crippen LogP contribution < -0.4 is 0 Å². The molecule has 0 aromatic rings. The summed E-state index contributed by atoms with van der Waals surface area (Å²) < 4.78 is 10.2. The maximum atomic E-state index is 11.7. The molecule has 0 spiro atoms. The highest BCUT2D eigenvalue weighted by Gasteiger charge is 2.23. The monoisotopic (exact) mass is 306 g/mol. The molecule has 0 fully saturated rings. The lowest BCUT2D eigenvalue weighted by molar-refractivity contribution is -0.159. The Hall–Kier alpha value is -2.17. The Morgan fingerprint density at radius 3 is 2.73 bits per heavy atom. The number of hydrogen-bond donors (Lipinski definition) is 0. The van der Waals surface area contributed by atoms with Crippen molar-refractivity contribution in [2.24, 2.45) is 0 Å². The number of hydrogen-bond acceptors (Lipinski definition) is 5. The summed E-state index contributed by atoms with van der Waals surface area (Å²) in [6, 6.07) is 0. The van der Waals surface area contributed by atoms with E-state index in [1.165, 1.54) is 0 Å². The molecule has 120 valence electrons. The Kier molecular flexibility index (Phi) is 7.29. The van der Waals surface area contributed by atoms with Crippen LogP contribution in [0, 0.1) is 0 Å². The third kappa shape index (κ3) is 6.08. The molecule has 1 rings (SSSR count). The van der Waals surface area contributed by atoms with E-state index in [2.05, 4.69) is 13.2 Å². The quantitative estimate of drug-likeness (QED) is 0.392. The lowest BCUT2D eigenvalue weighted by Gasteiger charge is -2.20. The van der Waals surface area contributed by atoms with E-state index in [-0.39, 0.29) is 11.9 Å². The molecule has 0 aromatic carbocycles. The summed E-state index contributed by atoms with van der Waals surface area (Å²) in [4.78, 5) is 34.9. The van der Waals surface area contributed by atoms with Crippen LogP contribution in [0.1, 0.15) is 39.0 Å². The first kappa shape index (κ1) is 17.9. The minimum absolute atomic E-state index is 0.0462. The molecule has 0 unspecified atom stereocenters. The Balaban J connectivity index is 2.47. The average molecular weight is 306 g/mol. The van der Waals surface area contributed by atoms with Crippen molar-refractivity contribution in [1.82, 2.24) is 0 Å². The maximum Gasteiger partial charge on any atom is 0.317 e. The lowest BCUT2D eigenvalue weighted by Crippen LogP contribution is -2.25. The van der Waals surface area contributed by atoms with Crippen LogP contribution in [0.3, 0.4) is 0 Å². The molecule has 5 heteroatoms. The van der Waals surface area contributed by atoms with Crippen LogP contribution in [-0.4, -0.2) is 29.9 Å². The number of Topliss-reactive ketones (excluding diaryl/α,β-unsaturated/α-hetero) is 1. The fourth-order valence-electron chi connectivity index (χ4n) is 2.14. The topological polar surface area (TPSA) is 69.7 Å². The highest BCUT2D eigenvalue weighted by molar-refractivity contribution is 5.96. The lowest BCUT2D eigenvalue weighted by atomic mass is 9.94. The van der Waals surface area contributed by atoms with Gasteiger partial charge in [0.2, 0.25) is 0 Å². The van der Waals surface area contributed by atoms with Gasteiger partial charge in [0.25, 0.3) is 0 Å². The van der Waals surface area contributed by atoms with Crippen molar-refractivity contribution in [3.8, 4) is 0 Å². The summed E-state index contributed by atoms with van der Waals surface area (Å²) >= 11 is 0. The second-order valence-corrected chi connectivity index (χ2v) is 5.18. The van der Waals surface area contributed by atoms with E-state index >= 15 is 0 Å². The fourth-order valence-corrected chi connectivity index (χ4v) is 2.14. The number of carbonyl (C=O) groups is 3. The molecular formula is C17H22O5. The van der Waals surface area contributed by atoms with Crippen LogP contribution in [0.4, 0.5) is 0 Å². The first-order valence-electron chi connectivity index (χ1n) is 7.31. The number of rotatable bonds is 8. The molecule has 1 aliphatic rings. The predicted octanol–water partition coefficient (Wildman–Crippen LogP) is 2.66. The van der Waals surface area contributed by atoms with Gasteiger partial charge in [-0.25, -0.2) is 0 Å². The highest BCUT2D eigenvalue weighted by Crippen LogP contribution is 2.20. The van der Waals surface area contributed by atoms with Crippen molar-refractivity contribution < 1.29 is 23.9 Å². The number of ketones is 1. The highest BCUT2D eigenvalue weighted by atomic mass is 16.6. The van der Waals surface area contributed by atoms with Crippen molar-refractivity contribution in [2.45, 2.75) is 51.2 Å². The van der Waals surface area contributed by atoms with Gasteiger partial charge in [-0.3, -0.25) is 14.4 Å². The number of carbonyl (C=O) groups excluding carboxylic acids is 3. The molecule has 0 saturated heterocycles. The van der Waals surface area contributed by atoms with Crippen molar-refractivity contribution in [1.29, 1.82) is 0 Å². The van der Waals surface area contributed by atoms with Gasteiger partial charge in [-0.1, -0.05) is 12.2 Å². The minimum atomic E-state index is -0.649. The third-order valence-corrected chi connectivity index (χ3v) is 3.17. The first-order chi connectivity index (χ1) is 10.5. The second-order valence-electron chi connectivity index (χ2n) is 5.18. The van der Waals surface area contributed by atoms with Gasteiger partial charge in [-0.2, -0.15) is 0 Å². The molecule has 0 amide bonds. The van der Waals surface area contributed by atoms with Gasteiger partial charge in [0.05, 0.1) is 0 Å². The van der Waals surface area contributed by atoms with E-state index in [1.807, 2.05) is 0 Å². The van der Waals surface area contributed by atoms with Crippen molar-refractivity contribution in [2.75, 3.05) is 0 Å². The molecule has 5 nitrogen and oxygen atoms in total. The van der Waals surface area contributed by atoms with Gasteiger partial charge < -0.3 is 9.47 Å². The van der Waals surface area contributed by atoms with E-state index in [9.17, 15) is 14.4 Å². The molecule has 0 radical (unpaired) electrons. The van der Waals surface area contributed by atoms with E-state index < -0.39 is 24.5 Å². The van der Waals surface area contributed by atoms with Crippen LogP contribution in [-0.2, 0) is 23.9 Å². The van der Waals surface area contributed by atoms with Gasteiger partial charge >= 0.3 is 11.9 Å². The van der Waals surface area contributed by atoms with E-state index in [4.69, 9.17) is 9.47 Å². The number of allylic oxidation sites excluding steroid dienone is 2. The van der Waals surface area contributed by atoms with Crippen molar-refractivity contribution >= 4 is 17.7 Å². The average Bonchev–Trinajstić information content (AvgIpc) is 2.42. The summed E-state index contributed by atoms with van der Waals surface area (Å²) in [6.07, 6.45) is 5.43. The second kappa shape index (κ2) is 8.97. The van der Waals surface area contributed by atoms with Crippen LogP contribution in [0.15, 0.2) is 37.0 Å². The zero-order chi connectivity index (χ0) is 16.5. The zero-order valence-electron chi connectivity index (χ0n) is 12.9. The first-order valence-corrected chi connectivity index (χ1v) is 7.31. The molecule has 2 atom stereocenters. The molecule has 0 aromatic heterocycles. The Morgan fingerprint density at radius 1 is 1.36 bits per heavy atom. The summed E-state index contributed by atoms with van der Waals surface area (Å²) in [5.41, 5.74) is 0.598. The molecular weight excluding hydrogens is 284 g/mol. The Bertz CT molecular complexity index is 489. The minimum Gasteiger partial charge on any atom is -0.462 e. The van der Waals surface area contributed by atoms with Gasteiger partial charge in [0, 0.05) is 12.8 Å². The maximum absolute atomic E-state index is 11.7. The van der Waals surface area contributed by atoms with Crippen molar-refractivity contribution in [3.63, 3.8) is 0 Å². The summed E-state index contributed by atoms with van der Waals surface area (Å²) in [5.74, 6) is -1.23. The van der Waals surface area contributed by atoms with Crippen LogP contribution in [0.5, 0.6) is 0 Å². The largest absolute Gasteiger partial charge is 0.462 e. The van der Waals surface area contributed by atoms with E-state index in [1.54, 1.807) is 25.2 Å². The van der Waals surface area contributed by atoms with Crippen LogP contribution >= 0.6 is 0 Å². The third-order valence-electron chi connectivity index (χ3n) is 3.17. The smallest absolute Gasteiger partial charge is 0.317 e. The molecule has 0 heterocycles. The van der Waals surface area contributed by atoms with Crippen LogP contribution in [0.25, 0.3) is 0 Å². The summed E-state index contributed by atoms with van der Waals surface area (Å²) in [7, 11) is 0. The molecule has 0 saturated carbocycles. The molecule has 0 N–H and O–H groups in total. The molecule has 0 bridgehead atoms. The molecule has 22 heavy (non-hydrogen) atoms. The number of esters is 2. The number of ether oxygens (including phenoxy) is 2. The zero-order valence-corrected chi connectivity index (χ0v) is 12.9. The summed E-state index contributed by atoms with van der Waals surface area (Å²) in [6.45, 7) is 8.86. The van der Waals surface area contributed by atoms with E-state index in [0.717, 1.165) is 0 Å². The van der Waals surface area contributed by atoms with Crippen molar-refractivity contribution in [3.05, 3.63) is 37.0 Å². The standard InChI is InChI=1S/C17H22O5/c1-4-6-12(3)21-16(19)11-17(20)22-14-8-9-15(18)13(10-14)7-5-2/h4-5,10,12,14H,1-2,6-9,11H2,3H3/t12-,14-/m0/s1. The normalized spacial score (nSPS) is 18.9. The summed E-state index contributed by atoms with van der Waals surface area (Å²) in [5, 5.41) is 0. The van der Waals surface area contributed by atoms with E-state index in [0.29, 0.717) is 31.3 Å². The Labute approximate surface area is 130 Å². The van der Waals surface area contributed by atoms with Gasteiger partial charge in [0.1, 0.15) is 18.6 Å².